The standard InChI is InChI=1S/C11H18N2OS/c1-11(2,3)9-5-4-8(15-9)7(12)6-10(13)14/h4-5,7H,6,12H2,1-3H3,(H2,13,14)/t7-/m1/s1. The Labute approximate surface area is 94.5 Å². The molecule has 1 rings (SSSR count). The van der Waals surface area contributed by atoms with Crippen LogP contribution in [-0.4, -0.2) is 5.91 Å². The molecule has 0 fully saturated rings. The molecule has 1 aromatic heterocycles. The zero-order chi connectivity index (χ0) is 11.6. The van der Waals surface area contributed by atoms with Crippen LogP contribution in [0.5, 0.6) is 0 Å². The van der Waals surface area contributed by atoms with Gasteiger partial charge in [0, 0.05) is 22.2 Å². The van der Waals surface area contributed by atoms with Gasteiger partial charge >= 0.3 is 0 Å². The van der Waals surface area contributed by atoms with E-state index in [2.05, 4.69) is 26.8 Å². The Hall–Kier alpha value is -0.870. The van der Waals surface area contributed by atoms with E-state index in [9.17, 15) is 4.79 Å². The second kappa shape index (κ2) is 4.33. The van der Waals surface area contributed by atoms with Crippen molar-refractivity contribution in [1.29, 1.82) is 0 Å². The molecule has 1 aromatic rings. The van der Waals surface area contributed by atoms with Crippen molar-refractivity contribution in [2.75, 3.05) is 0 Å². The van der Waals surface area contributed by atoms with E-state index in [0.29, 0.717) is 0 Å². The van der Waals surface area contributed by atoms with Gasteiger partial charge in [-0.2, -0.15) is 0 Å². The molecule has 84 valence electrons. The molecule has 0 bridgehead atoms. The summed E-state index contributed by atoms with van der Waals surface area (Å²) in [5.41, 5.74) is 11.1. The Morgan fingerprint density at radius 1 is 1.47 bits per heavy atom. The van der Waals surface area contributed by atoms with Gasteiger partial charge in [-0.05, 0) is 17.5 Å². The Morgan fingerprint density at radius 3 is 2.47 bits per heavy atom. The lowest BCUT2D eigenvalue weighted by molar-refractivity contribution is -0.118. The van der Waals surface area contributed by atoms with E-state index in [1.807, 2.05) is 6.07 Å². The fourth-order valence-corrected chi connectivity index (χ4v) is 2.34. The number of primary amides is 1. The summed E-state index contributed by atoms with van der Waals surface area (Å²) in [5.74, 6) is -0.354. The summed E-state index contributed by atoms with van der Waals surface area (Å²) in [7, 11) is 0. The predicted octanol–water partition coefficient (Wildman–Crippen LogP) is 1.92. The third-order valence-electron chi connectivity index (χ3n) is 2.15. The first-order chi connectivity index (χ1) is 6.80. The zero-order valence-corrected chi connectivity index (χ0v) is 10.2. The third-order valence-corrected chi connectivity index (χ3v) is 3.80. The minimum absolute atomic E-state index is 0.134. The number of carbonyl (C=O) groups excluding carboxylic acids is 1. The summed E-state index contributed by atoms with van der Waals surface area (Å²) in [6.07, 6.45) is 0.212. The first kappa shape index (κ1) is 12.2. The van der Waals surface area contributed by atoms with E-state index in [0.717, 1.165) is 4.88 Å². The molecule has 0 aliphatic carbocycles. The van der Waals surface area contributed by atoms with Crippen LogP contribution in [0.15, 0.2) is 12.1 Å². The van der Waals surface area contributed by atoms with Crippen LogP contribution < -0.4 is 11.5 Å². The SMILES string of the molecule is CC(C)(C)c1ccc([C@H](N)CC(N)=O)s1. The average Bonchev–Trinajstić information content (AvgIpc) is 2.48. The van der Waals surface area contributed by atoms with Crippen LogP contribution in [-0.2, 0) is 10.2 Å². The monoisotopic (exact) mass is 226 g/mol. The van der Waals surface area contributed by atoms with Gasteiger partial charge in [-0.3, -0.25) is 4.79 Å². The zero-order valence-electron chi connectivity index (χ0n) is 9.41. The molecular weight excluding hydrogens is 208 g/mol. The number of nitrogens with two attached hydrogens (primary N) is 2. The highest BCUT2D eigenvalue weighted by Gasteiger charge is 2.18. The molecule has 0 aromatic carbocycles. The van der Waals surface area contributed by atoms with E-state index in [4.69, 9.17) is 11.5 Å². The van der Waals surface area contributed by atoms with Crippen molar-refractivity contribution in [2.45, 2.75) is 38.6 Å². The Bertz CT molecular complexity index is 352. The highest BCUT2D eigenvalue weighted by atomic mass is 32.1. The lowest BCUT2D eigenvalue weighted by Gasteiger charge is -2.15. The molecule has 1 amide bonds. The van der Waals surface area contributed by atoms with Crippen molar-refractivity contribution in [3.05, 3.63) is 21.9 Å². The molecule has 0 spiro atoms. The molecule has 4 N–H and O–H groups in total. The number of amides is 1. The smallest absolute Gasteiger partial charge is 0.219 e. The highest BCUT2D eigenvalue weighted by Crippen LogP contribution is 2.32. The molecule has 0 aliphatic heterocycles. The molecule has 0 saturated carbocycles. The average molecular weight is 226 g/mol. The van der Waals surface area contributed by atoms with Crippen LogP contribution >= 0.6 is 11.3 Å². The summed E-state index contributed by atoms with van der Waals surface area (Å²) in [6, 6.07) is 3.79. The largest absolute Gasteiger partial charge is 0.370 e. The fourth-order valence-electron chi connectivity index (χ4n) is 1.27. The van der Waals surface area contributed by atoms with Crippen LogP contribution in [0.3, 0.4) is 0 Å². The van der Waals surface area contributed by atoms with Crippen LogP contribution in [0.25, 0.3) is 0 Å². The third kappa shape index (κ3) is 3.32. The number of carbonyl (C=O) groups is 1. The quantitative estimate of drug-likeness (QED) is 0.826. The minimum Gasteiger partial charge on any atom is -0.370 e. The molecule has 0 saturated heterocycles. The number of hydrogen-bond acceptors (Lipinski definition) is 3. The maximum atomic E-state index is 10.7. The molecule has 4 heteroatoms. The topological polar surface area (TPSA) is 69.1 Å². The Morgan fingerprint density at radius 2 is 2.07 bits per heavy atom. The van der Waals surface area contributed by atoms with Crippen molar-refractivity contribution >= 4 is 17.2 Å². The molecule has 0 unspecified atom stereocenters. The van der Waals surface area contributed by atoms with Crippen molar-refractivity contribution in [2.24, 2.45) is 11.5 Å². The van der Waals surface area contributed by atoms with Gasteiger partial charge in [-0.1, -0.05) is 20.8 Å². The van der Waals surface area contributed by atoms with Crippen molar-refractivity contribution < 1.29 is 4.79 Å². The fraction of sp³-hybridized carbons (Fsp3) is 0.545. The first-order valence-corrected chi connectivity index (χ1v) is 5.76. The molecule has 1 heterocycles. The summed E-state index contributed by atoms with van der Waals surface area (Å²) in [6.45, 7) is 6.46. The molecular formula is C11H18N2OS. The highest BCUT2D eigenvalue weighted by molar-refractivity contribution is 7.12. The van der Waals surface area contributed by atoms with Crippen LogP contribution in [0.1, 0.15) is 43.0 Å². The molecule has 0 aliphatic rings. The van der Waals surface area contributed by atoms with E-state index in [1.54, 1.807) is 11.3 Å². The Kier molecular flexibility index (Phi) is 3.52. The molecule has 3 nitrogen and oxygen atoms in total. The second-order valence-corrected chi connectivity index (χ2v) is 5.84. The lowest BCUT2D eigenvalue weighted by atomic mass is 9.95. The van der Waals surface area contributed by atoms with Crippen molar-refractivity contribution in [3.8, 4) is 0 Å². The van der Waals surface area contributed by atoms with Crippen molar-refractivity contribution in [1.82, 2.24) is 0 Å². The maximum Gasteiger partial charge on any atom is 0.219 e. The second-order valence-electron chi connectivity index (χ2n) is 4.73. The first-order valence-electron chi connectivity index (χ1n) is 4.95. The van der Waals surface area contributed by atoms with Crippen LogP contribution in [0.4, 0.5) is 0 Å². The van der Waals surface area contributed by atoms with E-state index >= 15 is 0 Å². The van der Waals surface area contributed by atoms with E-state index < -0.39 is 0 Å². The summed E-state index contributed by atoms with van der Waals surface area (Å²) >= 11 is 1.66. The normalized spacial score (nSPS) is 13.9. The Balaban J connectivity index is 2.80. The maximum absolute atomic E-state index is 10.7. The summed E-state index contributed by atoms with van der Waals surface area (Å²) in [4.78, 5) is 13.0. The molecule has 15 heavy (non-hydrogen) atoms. The molecule has 1 atom stereocenters. The van der Waals surface area contributed by atoms with E-state index in [-0.39, 0.29) is 23.8 Å². The van der Waals surface area contributed by atoms with Gasteiger partial charge in [0.15, 0.2) is 0 Å². The van der Waals surface area contributed by atoms with Crippen LogP contribution in [0, 0.1) is 0 Å². The van der Waals surface area contributed by atoms with Crippen molar-refractivity contribution in [3.63, 3.8) is 0 Å². The van der Waals surface area contributed by atoms with Gasteiger partial charge in [0.25, 0.3) is 0 Å². The predicted molar refractivity (Wildman–Crippen MR) is 63.8 cm³/mol. The van der Waals surface area contributed by atoms with Crippen LogP contribution in [0.2, 0.25) is 0 Å². The summed E-state index contributed by atoms with van der Waals surface area (Å²) in [5, 5.41) is 0. The number of hydrogen-bond donors (Lipinski definition) is 2. The lowest BCUT2D eigenvalue weighted by Crippen LogP contribution is -2.19. The van der Waals surface area contributed by atoms with Gasteiger partial charge in [0.1, 0.15) is 0 Å². The number of thiophene rings is 1. The minimum atomic E-state index is -0.354. The molecule has 0 radical (unpaired) electrons. The van der Waals surface area contributed by atoms with Gasteiger partial charge in [0.05, 0.1) is 0 Å². The van der Waals surface area contributed by atoms with Gasteiger partial charge < -0.3 is 11.5 Å². The van der Waals surface area contributed by atoms with Gasteiger partial charge in [-0.15, -0.1) is 11.3 Å². The van der Waals surface area contributed by atoms with Gasteiger partial charge in [-0.25, -0.2) is 0 Å². The van der Waals surface area contributed by atoms with Gasteiger partial charge in [0.2, 0.25) is 5.91 Å². The van der Waals surface area contributed by atoms with E-state index in [1.165, 1.54) is 4.88 Å². The number of rotatable bonds is 3. The summed E-state index contributed by atoms with van der Waals surface area (Å²) < 4.78 is 0.